The predicted molar refractivity (Wildman–Crippen MR) is 94.2 cm³/mol. The van der Waals surface area contributed by atoms with Crippen LogP contribution in [0.2, 0.25) is 0 Å². The summed E-state index contributed by atoms with van der Waals surface area (Å²) in [7, 11) is 0. The van der Waals surface area contributed by atoms with Gasteiger partial charge in [-0.15, -0.1) is 0 Å². The maximum atomic E-state index is 6.19. The maximum absolute atomic E-state index is 6.19. The van der Waals surface area contributed by atoms with Crippen LogP contribution in [0.4, 0.5) is 0 Å². The van der Waals surface area contributed by atoms with Crippen molar-refractivity contribution in [2.24, 2.45) is 16.6 Å². The van der Waals surface area contributed by atoms with Crippen LogP contribution in [0.1, 0.15) is 39.5 Å². The number of piperazine rings is 1. The first-order chi connectivity index (χ1) is 10.7. The van der Waals surface area contributed by atoms with E-state index in [4.69, 9.17) is 5.73 Å². The fourth-order valence-corrected chi connectivity index (χ4v) is 3.44. The summed E-state index contributed by atoms with van der Waals surface area (Å²) < 4.78 is 0. The zero-order valence-electron chi connectivity index (χ0n) is 14.6. The van der Waals surface area contributed by atoms with E-state index in [1.807, 2.05) is 0 Å². The van der Waals surface area contributed by atoms with Gasteiger partial charge in [-0.25, -0.2) is 0 Å². The molecular weight excluding hydrogens is 274 g/mol. The highest BCUT2D eigenvalue weighted by Crippen LogP contribution is 2.10. The SMILES string of the molecule is CCN1CCN(CC(C)CN=C(N)N2CCCCCC2)CC1. The Hall–Kier alpha value is -0.810. The molecule has 0 aromatic carbocycles. The Labute approximate surface area is 136 Å². The molecule has 5 heteroatoms. The topological polar surface area (TPSA) is 48.1 Å². The molecule has 2 fully saturated rings. The Kier molecular flexibility index (Phi) is 7.46. The van der Waals surface area contributed by atoms with Gasteiger partial charge in [-0.2, -0.15) is 0 Å². The van der Waals surface area contributed by atoms with Gasteiger partial charge in [0.15, 0.2) is 5.96 Å². The smallest absolute Gasteiger partial charge is 0.191 e. The summed E-state index contributed by atoms with van der Waals surface area (Å²) in [5.74, 6) is 1.35. The van der Waals surface area contributed by atoms with E-state index in [1.54, 1.807) is 0 Å². The molecule has 0 bridgehead atoms. The number of nitrogens with zero attached hydrogens (tertiary/aromatic N) is 4. The zero-order chi connectivity index (χ0) is 15.8. The van der Waals surface area contributed by atoms with E-state index in [0.29, 0.717) is 5.92 Å². The normalized spacial score (nSPS) is 24.3. The summed E-state index contributed by atoms with van der Waals surface area (Å²) in [6.45, 7) is 14.7. The minimum absolute atomic E-state index is 0.582. The molecule has 0 saturated carbocycles. The van der Waals surface area contributed by atoms with Crippen molar-refractivity contribution in [1.82, 2.24) is 14.7 Å². The van der Waals surface area contributed by atoms with Crippen molar-refractivity contribution in [3.05, 3.63) is 0 Å². The number of aliphatic imine (C=N–C) groups is 1. The molecule has 2 aliphatic rings. The molecule has 1 atom stereocenters. The first-order valence-electron chi connectivity index (χ1n) is 9.18. The van der Waals surface area contributed by atoms with Crippen LogP contribution in [-0.2, 0) is 0 Å². The fourth-order valence-electron chi connectivity index (χ4n) is 3.44. The molecule has 2 saturated heterocycles. The summed E-state index contributed by atoms with van der Waals surface area (Å²) in [5, 5.41) is 0. The quantitative estimate of drug-likeness (QED) is 0.617. The van der Waals surface area contributed by atoms with Gasteiger partial charge in [0, 0.05) is 52.4 Å². The second-order valence-corrected chi connectivity index (χ2v) is 6.94. The lowest BCUT2D eigenvalue weighted by atomic mass is 10.1. The zero-order valence-corrected chi connectivity index (χ0v) is 14.6. The maximum Gasteiger partial charge on any atom is 0.191 e. The number of hydrogen-bond acceptors (Lipinski definition) is 3. The lowest BCUT2D eigenvalue weighted by Crippen LogP contribution is -2.47. The van der Waals surface area contributed by atoms with E-state index in [1.165, 1.54) is 58.4 Å². The van der Waals surface area contributed by atoms with Crippen molar-refractivity contribution in [1.29, 1.82) is 0 Å². The van der Waals surface area contributed by atoms with Gasteiger partial charge in [-0.05, 0) is 25.3 Å². The summed E-state index contributed by atoms with van der Waals surface area (Å²) >= 11 is 0. The molecular formula is C17H35N5. The van der Waals surface area contributed by atoms with Crippen molar-refractivity contribution >= 4 is 5.96 Å². The molecule has 2 rings (SSSR count). The molecule has 128 valence electrons. The van der Waals surface area contributed by atoms with Gasteiger partial charge in [0.2, 0.25) is 0 Å². The Morgan fingerprint density at radius 1 is 0.955 bits per heavy atom. The largest absolute Gasteiger partial charge is 0.370 e. The van der Waals surface area contributed by atoms with E-state index in [-0.39, 0.29) is 0 Å². The van der Waals surface area contributed by atoms with Gasteiger partial charge in [0.1, 0.15) is 0 Å². The van der Waals surface area contributed by atoms with E-state index in [2.05, 4.69) is 33.5 Å². The van der Waals surface area contributed by atoms with E-state index in [9.17, 15) is 0 Å². The van der Waals surface area contributed by atoms with Crippen LogP contribution < -0.4 is 5.73 Å². The third-order valence-electron chi connectivity index (χ3n) is 4.98. The molecule has 1 unspecified atom stereocenters. The van der Waals surface area contributed by atoms with Crippen LogP contribution in [0.5, 0.6) is 0 Å². The molecule has 5 nitrogen and oxygen atoms in total. The van der Waals surface area contributed by atoms with Gasteiger partial charge in [0.25, 0.3) is 0 Å². The molecule has 2 aliphatic heterocycles. The van der Waals surface area contributed by atoms with Crippen molar-refractivity contribution < 1.29 is 0 Å². The Morgan fingerprint density at radius 2 is 1.55 bits per heavy atom. The van der Waals surface area contributed by atoms with Crippen molar-refractivity contribution in [3.8, 4) is 0 Å². The summed E-state index contributed by atoms with van der Waals surface area (Å²) in [6, 6.07) is 0. The van der Waals surface area contributed by atoms with E-state index < -0.39 is 0 Å². The van der Waals surface area contributed by atoms with E-state index in [0.717, 1.165) is 32.1 Å². The van der Waals surface area contributed by atoms with Crippen LogP contribution in [-0.4, -0.2) is 79.6 Å². The number of rotatable bonds is 5. The van der Waals surface area contributed by atoms with E-state index >= 15 is 0 Å². The number of likely N-dealkylation sites (tertiary alicyclic amines) is 1. The summed E-state index contributed by atoms with van der Waals surface area (Å²) in [5.41, 5.74) is 6.19. The van der Waals surface area contributed by atoms with Crippen LogP contribution >= 0.6 is 0 Å². The van der Waals surface area contributed by atoms with Crippen LogP contribution in [0, 0.1) is 5.92 Å². The van der Waals surface area contributed by atoms with Gasteiger partial charge >= 0.3 is 0 Å². The van der Waals surface area contributed by atoms with Crippen LogP contribution in [0.15, 0.2) is 4.99 Å². The molecule has 2 heterocycles. The van der Waals surface area contributed by atoms with Gasteiger partial charge < -0.3 is 20.4 Å². The molecule has 0 aliphatic carbocycles. The van der Waals surface area contributed by atoms with Gasteiger partial charge in [-0.1, -0.05) is 26.7 Å². The standard InChI is InChI=1S/C17H35N5/c1-3-20-10-12-21(13-11-20)15-16(2)14-19-17(18)22-8-6-4-5-7-9-22/h16H,3-15H2,1-2H3,(H2,18,19). The highest BCUT2D eigenvalue weighted by Gasteiger charge is 2.17. The summed E-state index contributed by atoms with van der Waals surface area (Å²) in [6.07, 6.45) is 5.19. The highest BCUT2D eigenvalue weighted by atomic mass is 15.3. The first-order valence-corrected chi connectivity index (χ1v) is 9.18. The minimum atomic E-state index is 0.582. The second kappa shape index (κ2) is 9.36. The second-order valence-electron chi connectivity index (χ2n) is 6.94. The number of nitrogens with two attached hydrogens (primary N) is 1. The van der Waals surface area contributed by atoms with Crippen molar-refractivity contribution in [2.75, 3.05) is 58.9 Å². The average molecular weight is 310 g/mol. The first kappa shape index (κ1) is 17.5. The molecule has 2 N–H and O–H groups in total. The average Bonchev–Trinajstić information content (AvgIpc) is 2.82. The molecule has 0 spiro atoms. The van der Waals surface area contributed by atoms with Crippen molar-refractivity contribution in [2.45, 2.75) is 39.5 Å². The monoisotopic (exact) mass is 309 g/mol. The highest BCUT2D eigenvalue weighted by molar-refractivity contribution is 5.78. The molecule has 0 radical (unpaired) electrons. The Balaban J connectivity index is 1.69. The third-order valence-corrected chi connectivity index (χ3v) is 4.98. The van der Waals surface area contributed by atoms with Crippen molar-refractivity contribution in [3.63, 3.8) is 0 Å². The lowest BCUT2D eigenvalue weighted by Gasteiger charge is -2.35. The van der Waals surface area contributed by atoms with Gasteiger partial charge in [0.05, 0.1) is 0 Å². The third kappa shape index (κ3) is 5.76. The lowest BCUT2D eigenvalue weighted by molar-refractivity contribution is 0.125. The Morgan fingerprint density at radius 3 is 2.14 bits per heavy atom. The number of likely N-dealkylation sites (N-methyl/N-ethyl adjacent to an activating group) is 1. The van der Waals surface area contributed by atoms with Gasteiger partial charge in [-0.3, -0.25) is 4.99 Å². The number of guanidine groups is 1. The van der Waals surface area contributed by atoms with Crippen LogP contribution in [0.25, 0.3) is 0 Å². The molecule has 22 heavy (non-hydrogen) atoms. The number of hydrogen-bond donors (Lipinski definition) is 1. The fraction of sp³-hybridized carbons (Fsp3) is 0.941. The molecule has 0 aromatic heterocycles. The minimum Gasteiger partial charge on any atom is -0.370 e. The Bertz CT molecular complexity index is 328. The molecule has 0 aromatic rings. The summed E-state index contributed by atoms with van der Waals surface area (Å²) in [4.78, 5) is 12.0. The molecule has 0 amide bonds. The predicted octanol–water partition coefficient (Wildman–Crippen LogP) is 1.45. The van der Waals surface area contributed by atoms with Crippen LogP contribution in [0.3, 0.4) is 0 Å².